The second-order valence-electron chi connectivity index (χ2n) is 3.46. The van der Waals surface area contributed by atoms with E-state index in [1.807, 2.05) is 0 Å². The van der Waals surface area contributed by atoms with E-state index in [4.69, 9.17) is 0 Å². The molecule has 0 aliphatic rings. The van der Waals surface area contributed by atoms with Crippen LogP contribution in [0.25, 0.3) is 5.69 Å². The van der Waals surface area contributed by atoms with Crippen LogP contribution in [0.2, 0.25) is 0 Å². The summed E-state index contributed by atoms with van der Waals surface area (Å²) in [5.41, 5.74) is -0.936. The second-order valence-corrected chi connectivity index (χ2v) is 3.46. The Labute approximate surface area is 94.9 Å². The number of aromatic nitrogens is 1. The van der Waals surface area contributed by atoms with E-state index in [9.17, 15) is 18.0 Å². The molecule has 0 atom stereocenters. The molecular formula is C12H8F3NO. The summed E-state index contributed by atoms with van der Waals surface area (Å²) in [6, 6.07) is 9.87. The number of halogens is 3. The van der Waals surface area contributed by atoms with Gasteiger partial charge >= 0.3 is 6.18 Å². The Morgan fingerprint density at radius 3 is 2.18 bits per heavy atom. The molecule has 0 aliphatic carbocycles. The Balaban J connectivity index is 2.59. The average molecular weight is 239 g/mol. The summed E-state index contributed by atoms with van der Waals surface area (Å²) in [5.74, 6) is 0. The minimum absolute atomic E-state index is 0.406. The summed E-state index contributed by atoms with van der Waals surface area (Å²) >= 11 is 0. The van der Waals surface area contributed by atoms with Crippen molar-refractivity contribution in [1.82, 2.24) is 4.57 Å². The molecule has 5 heteroatoms. The molecule has 0 amide bonds. The van der Waals surface area contributed by atoms with Crippen molar-refractivity contribution < 1.29 is 13.2 Å². The lowest BCUT2D eigenvalue weighted by atomic mass is 10.2. The second kappa shape index (κ2) is 4.08. The van der Waals surface area contributed by atoms with Crippen molar-refractivity contribution in [3.05, 3.63) is 64.6 Å². The first-order valence-electron chi connectivity index (χ1n) is 4.84. The summed E-state index contributed by atoms with van der Waals surface area (Å²) in [6.07, 6.45) is -3.65. The maximum absolute atomic E-state index is 12.5. The van der Waals surface area contributed by atoms with Gasteiger partial charge in [-0.15, -0.1) is 0 Å². The zero-order valence-corrected chi connectivity index (χ0v) is 8.61. The Kier molecular flexibility index (Phi) is 2.75. The van der Waals surface area contributed by atoms with Crippen molar-refractivity contribution in [2.75, 3.05) is 0 Å². The van der Waals surface area contributed by atoms with Gasteiger partial charge < -0.3 is 0 Å². The van der Waals surface area contributed by atoms with Crippen LogP contribution in [0.4, 0.5) is 13.2 Å². The lowest BCUT2D eigenvalue weighted by Gasteiger charge is -2.10. The summed E-state index contributed by atoms with van der Waals surface area (Å²) in [6.45, 7) is 0. The largest absolute Gasteiger partial charge is 0.417 e. The first-order valence-corrected chi connectivity index (χ1v) is 4.84. The summed E-state index contributed by atoms with van der Waals surface area (Å²) < 4.78 is 38.5. The van der Waals surface area contributed by atoms with E-state index in [1.165, 1.54) is 0 Å². The topological polar surface area (TPSA) is 22.0 Å². The van der Waals surface area contributed by atoms with Crippen molar-refractivity contribution >= 4 is 0 Å². The molecule has 0 radical (unpaired) electrons. The van der Waals surface area contributed by atoms with E-state index in [0.29, 0.717) is 5.69 Å². The van der Waals surface area contributed by atoms with Crippen molar-refractivity contribution in [2.24, 2.45) is 0 Å². The molecule has 0 bridgehead atoms. The number of alkyl halides is 3. The molecule has 0 fully saturated rings. The molecular weight excluding hydrogens is 231 g/mol. The predicted molar refractivity (Wildman–Crippen MR) is 57.0 cm³/mol. The van der Waals surface area contributed by atoms with E-state index in [-0.39, 0.29) is 0 Å². The van der Waals surface area contributed by atoms with E-state index in [1.54, 1.807) is 30.3 Å². The zero-order chi connectivity index (χ0) is 12.5. The molecule has 0 saturated carbocycles. The number of rotatable bonds is 1. The van der Waals surface area contributed by atoms with Crippen LogP contribution in [0.15, 0.2) is 53.5 Å². The predicted octanol–water partition coefficient (Wildman–Crippen LogP) is 2.86. The van der Waals surface area contributed by atoms with Gasteiger partial charge in [-0.05, 0) is 18.2 Å². The molecule has 0 saturated heterocycles. The van der Waals surface area contributed by atoms with Crippen LogP contribution in [-0.4, -0.2) is 4.57 Å². The van der Waals surface area contributed by atoms with Gasteiger partial charge in [0.25, 0.3) is 5.56 Å². The van der Waals surface area contributed by atoms with Gasteiger partial charge in [0.05, 0.1) is 5.56 Å². The fraction of sp³-hybridized carbons (Fsp3) is 0.0833. The van der Waals surface area contributed by atoms with E-state index >= 15 is 0 Å². The van der Waals surface area contributed by atoms with Crippen LogP contribution >= 0.6 is 0 Å². The Hall–Kier alpha value is -2.04. The molecule has 0 spiro atoms. The number of hydrogen-bond donors (Lipinski definition) is 0. The first kappa shape index (κ1) is 11.4. The molecule has 0 N–H and O–H groups in total. The van der Waals surface area contributed by atoms with Gasteiger partial charge in [-0.1, -0.05) is 18.2 Å². The highest BCUT2D eigenvalue weighted by Crippen LogP contribution is 2.28. The summed E-state index contributed by atoms with van der Waals surface area (Å²) in [7, 11) is 0. The van der Waals surface area contributed by atoms with Gasteiger partial charge in [0, 0.05) is 18.0 Å². The molecule has 0 aliphatic heterocycles. The standard InChI is InChI=1S/C12H8F3NO/c13-12(14,15)9-6-7-11(17)16(8-9)10-4-2-1-3-5-10/h1-8H. The zero-order valence-electron chi connectivity index (χ0n) is 8.61. The number of nitrogens with zero attached hydrogens (tertiary/aromatic N) is 1. The van der Waals surface area contributed by atoms with Crippen molar-refractivity contribution in [3.8, 4) is 5.69 Å². The minimum atomic E-state index is -4.45. The lowest BCUT2D eigenvalue weighted by Crippen LogP contribution is -2.19. The van der Waals surface area contributed by atoms with Crippen LogP contribution in [0.5, 0.6) is 0 Å². The van der Waals surface area contributed by atoms with Crippen LogP contribution < -0.4 is 5.56 Å². The van der Waals surface area contributed by atoms with E-state index in [2.05, 4.69) is 0 Å². The maximum atomic E-state index is 12.5. The van der Waals surface area contributed by atoms with E-state index < -0.39 is 17.3 Å². The van der Waals surface area contributed by atoms with Crippen molar-refractivity contribution in [1.29, 1.82) is 0 Å². The smallest absolute Gasteiger partial charge is 0.284 e. The van der Waals surface area contributed by atoms with Gasteiger partial charge in [-0.2, -0.15) is 13.2 Å². The number of pyridine rings is 1. The molecule has 2 rings (SSSR count). The summed E-state index contributed by atoms with van der Waals surface area (Å²) in [4.78, 5) is 11.5. The SMILES string of the molecule is O=c1ccc(C(F)(F)F)cn1-c1ccccc1. The normalized spacial score (nSPS) is 11.5. The average Bonchev–Trinajstić information content (AvgIpc) is 2.29. The van der Waals surface area contributed by atoms with Gasteiger partial charge in [-0.25, -0.2) is 0 Å². The third-order valence-electron chi connectivity index (χ3n) is 2.27. The number of para-hydroxylation sites is 1. The molecule has 1 aromatic heterocycles. The van der Waals surface area contributed by atoms with Crippen molar-refractivity contribution in [3.63, 3.8) is 0 Å². The van der Waals surface area contributed by atoms with Crippen LogP contribution in [0, 0.1) is 0 Å². The first-order chi connectivity index (χ1) is 7.98. The minimum Gasteiger partial charge on any atom is -0.284 e. The Bertz CT molecular complexity index is 572. The number of hydrogen-bond acceptors (Lipinski definition) is 1. The molecule has 17 heavy (non-hydrogen) atoms. The van der Waals surface area contributed by atoms with E-state index in [0.717, 1.165) is 22.9 Å². The van der Waals surface area contributed by atoms with Gasteiger partial charge in [0.1, 0.15) is 0 Å². The third-order valence-corrected chi connectivity index (χ3v) is 2.27. The molecule has 2 nitrogen and oxygen atoms in total. The monoisotopic (exact) mass is 239 g/mol. The van der Waals surface area contributed by atoms with Gasteiger partial charge in [0.2, 0.25) is 0 Å². The van der Waals surface area contributed by atoms with Crippen molar-refractivity contribution in [2.45, 2.75) is 6.18 Å². The highest BCUT2D eigenvalue weighted by atomic mass is 19.4. The lowest BCUT2D eigenvalue weighted by molar-refractivity contribution is -0.138. The molecule has 88 valence electrons. The fourth-order valence-corrected chi connectivity index (χ4v) is 1.45. The highest BCUT2D eigenvalue weighted by molar-refractivity contribution is 5.33. The Morgan fingerprint density at radius 2 is 1.59 bits per heavy atom. The maximum Gasteiger partial charge on any atom is 0.417 e. The molecule has 1 aromatic carbocycles. The molecule has 2 aromatic rings. The third kappa shape index (κ3) is 2.38. The summed E-state index contributed by atoms with van der Waals surface area (Å²) in [5, 5.41) is 0. The molecule has 1 heterocycles. The van der Waals surface area contributed by atoms with Crippen LogP contribution in [-0.2, 0) is 6.18 Å². The van der Waals surface area contributed by atoms with Crippen LogP contribution in [0.1, 0.15) is 5.56 Å². The van der Waals surface area contributed by atoms with Gasteiger partial charge in [0.15, 0.2) is 0 Å². The fourth-order valence-electron chi connectivity index (χ4n) is 1.45. The Morgan fingerprint density at radius 1 is 0.941 bits per heavy atom. The highest BCUT2D eigenvalue weighted by Gasteiger charge is 2.31. The number of benzene rings is 1. The van der Waals surface area contributed by atoms with Crippen LogP contribution in [0.3, 0.4) is 0 Å². The van der Waals surface area contributed by atoms with Gasteiger partial charge in [-0.3, -0.25) is 9.36 Å². The molecule has 0 unspecified atom stereocenters. The quantitative estimate of drug-likeness (QED) is 0.750.